The van der Waals surface area contributed by atoms with Crippen molar-refractivity contribution in [2.24, 2.45) is 0 Å². The normalized spacial score (nSPS) is 12.0. The van der Waals surface area contributed by atoms with Gasteiger partial charge in [0.2, 0.25) is 0 Å². The van der Waals surface area contributed by atoms with Crippen molar-refractivity contribution in [2.45, 2.75) is 51.5 Å². The molecule has 0 spiro atoms. The van der Waals surface area contributed by atoms with Crippen molar-refractivity contribution in [3.8, 4) is 5.75 Å². The van der Waals surface area contributed by atoms with Gasteiger partial charge in [-0.25, -0.2) is 0 Å². The predicted molar refractivity (Wildman–Crippen MR) is 94.3 cm³/mol. The van der Waals surface area contributed by atoms with Crippen LogP contribution in [-0.4, -0.2) is 5.11 Å². The molecule has 2 aromatic carbocycles. The summed E-state index contributed by atoms with van der Waals surface area (Å²) in [7, 11) is 0. The Hall–Kier alpha value is -1.96. The van der Waals surface area contributed by atoms with Crippen LogP contribution in [0.1, 0.15) is 57.1 Å². The molecule has 2 nitrogen and oxygen atoms in total. The number of nitrogens with one attached hydrogen (secondary N) is 1. The van der Waals surface area contributed by atoms with Crippen LogP contribution in [0.15, 0.2) is 54.6 Å². The Morgan fingerprint density at radius 1 is 0.909 bits per heavy atom. The Kier molecular flexibility index (Phi) is 6.82. The first-order valence-corrected chi connectivity index (χ1v) is 8.40. The molecule has 0 aliphatic heterocycles. The molecule has 0 aromatic heterocycles. The highest BCUT2D eigenvalue weighted by Gasteiger charge is 2.11. The summed E-state index contributed by atoms with van der Waals surface area (Å²) in [6, 6.07) is 18.2. The van der Waals surface area contributed by atoms with Crippen LogP contribution < -0.4 is 5.32 Å². The molecule has 0 amide bonds. The summed E-state index contributed by atoms with van der Waals surface area (Å²) in [5.74, 6) is 0.305. The quantitative estimate of drug-likeness (QED) is 0.564. The zero-order chi connectivity index (χ0) is 15.6. The van der Waals surface area contributed by atoms with Crippen LogP contribution in [0.3, 0.4) is 0 Å². The van der Waals surface area contributed by atoms with E-state index in [1.165, 1.54) is 37.7 Å². The van der Waals surface area contributed by atoms with Crippen molar-refractivity contribution in [3.63, 3.8) is 0 Å². The van der Waals surface area contributed by atoms with Gasteiger partial charge in [0.25, 0.3) is 0 Å². The second kappa shape index (κ2) is 9.14. The highest BCUT2D eigenvalue weighted by Crippen LogP contribution is 2.26. The number of benzene rings is 2. The summed E-state index contributed by atoms with van der Waals surface area (Å²) in [5.41, 5.74) is 2.28. The number of aromatic hydroxyl groups is 1. The average Bonchev–Trinajstić information content (AvgIpc) is 2.54. The van der Waals surface area contributed by atoms with E-state index in [1.807, 2.05) is 12.1 Å². The number of hydrogen-bond acceptors (Lipinski definition) is 2. The van der Waals surface area contributed by atoms with E-state index >= 15 is 0 Å². The maximum atomic E-state index is 9.63. The van der Waals surface area contributed by atoms with Crippen molar-refractivity contribution >= 4 is 5.69 Å². The lowest BCUT2D eigenvalue weighted by atomic mass is 9.99. The number of unbranched alkanes of at least 4 members (excludes halogenated alkanes) is 4. The predicted octanol–water partition coefficient (Wildman–Crippen LogP) is 5.91. The Balaban J connectivity index is 1.99. The Morgan fingerprint density at radius 2 is 1.68 bits per heavy atom. The molecule has 2 aromatic rings. The molecule has 0 saturated heterocycles. The van der Waals surface area contributed by atoms with E-state index in [0.29, 0.717) is 11.8 Å². The number of phenolic OH excluding ortho intramolecular Hbond substituents is 1. The molecule has 2 N–H and O–H groups in total. The average molecular weight is 297 g/mol. The van der Waals surface area contributed by atoms with Crippen molar-refractivity contribution in [2.75, 3.05) is 5.32 Å². The van der Waals surface area contributed by atoms with Crippen LogP contribution in [-0.2, 0) is 0 Å². The Bertz CT molecular complexity index is 538. The summed E-state index contributed by atoms with van der Waals surface area (Å²) in [6.45, 7) is 2.25. The molecule has 2 heteroatoms. The van der Waals surface area contributed by atoms with Crippen LogP contribution in [0.25, 0.3) is 0 Å². The van der Waals surface area contributed by atoms with E-state index in [2.05, 4.69) is 42.6 Å². The first-order valence-electron chi connectivity index (χ1n) is 8.40. The van der Waals surface area contributed by atoms with Crippen LogP contribution in [0.2, 0.25) is 0 Å². The van der Waals surface area contributed by atoms with Gasteiger partial charge in [-0.1, -0.05) is 75.4 Å². The highest BCUT2D eigenvalue weighted by molar-refractivity contribution is 5.49. The van der Waals surface area contributed by atoms with Crippen LogP contribution in [0, 0.1) is 0 Å². The van der Waals surface area contributed by atoms with E-state index in [0.717, 1.165) is 12.1 Å². The van der Waals surface area contributed by atoms with E-state index in [1.54, 1.807) is 12.1 Å². The van der Waals surface area contributed by atoms with Gasteiger partial charge >= 0.3 is 0 Å². The van der Waals surface area contributed by atoms with Gasteiger partial charge in [0.15, 0.2) is 0 Å². The molecule has 1 atom stereocenters. The number of phenols is 1. The molecule has 1 unspecified atom stereocenters. The fourth-order valence-corrected chi connectivity index (χ4v) is 2.76. The molecule has 2 rings (SSSR count). The van der Waals surface area contributed by atoms with Gasteiger partial charge in [0, 0.05) is 11.8 Å². The lowest BCUT2D eigenvalue weighted by Gasteiger charge is -2.20. The van der Waals surface area contributed by atoms with Gasteiger partial charge in [-0.2, -0.15) is 0 Å². The minimum atomic E-state index is 0.296. The molecule has 118 valence electrons. The Morgan fingerprint density at radius 3 is 2.41 bits per heavy atom. The smallest absolute Gasteiger partial charge is 0.117 e. The molecule has 22 heavy (non-hydrogen) atoms. The van der Waals surface area contributed by atoms with E-state index in [-0.39, 0.29) is 0 Å². The summed E-state index contributed by atoms with van der Waals surface area (Å²) < 4.78 is 0. The zero-order valence-corrected chi connectivity index (χ0v) is 13.5. The molecule has 0 aliphatic rings. The van der Waals surface area contributed by atoms with Gasteiger partial charge in [0.1, 0.15) is 5.75 Å². The fraction of sp³-hybridized carbons (Fsp3) is 0.400. The molecule has 0 heterocycles. The van der Waals surface area contributed by atoms with Gasteiger partial charge < -0.3 is 10.4 Å². The monoisotopic (exact) mass is 297 g/mol. The lowest BCUT2D eigenvalue weighted by molar-refractivity contribution is 0.475. The van der Waals surface area contributed by atoms with Crippen LogP contribution in [0.5, 0.6) is 5.75 Å². The Labute approximate surface area is 134 Å². The van der Waals surface area contributed by atoms with Crippen LogP contribution >= 0.6 is 0 Å². The van der Waals surface area contributed by atoms with Crippen molar-refractivity contribution in [1.82, 2.24) is 0 Å². The maximum absolute atomic E-state index is 9.63. The molecule has 0 saturated carbocycles. The number of rotatable bonds is 9. The summed E-state index contributed by atoms with van der Waals surface area (Å²) >= 11 is 0. The number of anilines is 1. The lowest BCUT2D eigenvalue weighted by Crippen LogP contribution is -2.10. The third kappa shape index (κ3) is 5.44. The number of hydrogen-bond donors (Lipinski definition) is 2. The second-order valence-electron chi connectivity index (χ2n) is 5.86. The highest BCUT2D eigenvalue weighted by atomic mass is 16.3. The van der Waals surface area contributed by atoms with Gasteiger partial charge in [-0.05, 0) is 24.1 Å². The third-order valence-electron chi connectivity index (χ3n) is 3.99. The van der Waals surface area contributed by atoms with Gasteiger partial charge in [-0.3, -0.25) is 0 Å². The molecular formula is C20H27NO. The zero-order valence-electron chi connectivity index (χ0n) is 13.5. The van der Waals surface area contributed by atoms with Crippen molar-refractivity contribution < 1.29 is 5.11 Å². The van der Waals surface area contributed by atoms with E-state index in [9.17, 15) is 5.11 Å². The minimum Gasteiger partial charge on any atom is -0.508 e. The SMILES string of the molecule is CCCCCCCC(Nc1cccc(O)c1)c1ccccc1. The summed E-state index contributed by atoms with van der Waals surface area (Å²) in [4.78, 5) is 0. The van der Waals surface area contributed by atoms with Crippen molar-refractivity contribution in [3.05, 3.63) is 60.2 Å². The largest absolute Gasteiger partial charge is 0.508 e. The van der Waals surface area contributed by atoms with Gasteiger partial charge in [0.05, 0.1) is 6.04 Å². The molecule has 0 fully saturated rings. The maximum Gasteiger partial charge on any atom is 0.117 e. The summed E-state index contributed by atoms with van der Waals surface area (Å²) in [5, 5.41) is 13.2. The fourth-order valence-electron chi connectivity index (χ4n) is 2.76. The van der Waals surface area contributed by atoms with E-state index < -0.39 is 0 Å². The first-order chi connectivity index (χ1) is 10.8. The molecule has 0 aliphatic carbocycles. The molecule has 0 bridgehead atoms. The van der Waals surface area contributed by atoms with Gasteiger partial charge in [-0.15, -0.1) is 0 Å². The standard InChI is InChI=1S/C20H27NO/c1-2-3-4-5-9-15-20(17-11-7-6-8-12-17)21-18-13-10-14-19(22)16-18/h6-8,10-14,16,20-22H,2-5,9,15H2,1H3. The molecule has 0 radical (unpaired) electrons. The minimum absolute atomic E-state index is 0.296. The van der Waals surface area contributed by atoms with Crippen molar-refractivity contribution in [1.29, 1.82) is 0 Å². The third-order valence-corrected chi connectivity index (χ3v) is 3.99. The second-order valence-corrected chi connectivity index (χ2v) is 5.86. The summed E-state index contributed by atoms with van der Waals surface area (Å²) in [6.07, 6.45) is 7.57. The van der Waals surface area contributed by atoms with E-state index in [4.69, 9.17) is 0 Å². The first kappa shape index (κ1) is 16.4. The van der Waals surface area contributed by atoms with Crippen LogP contribution in [0.4, 0.5) is 5.69 Å². The molecular weight excluding hydrogens is 270 g/mol. The topological polar surface area (TPSA) is 32.3 Å².